The Kier molecular flexibility index (Phi) is 4.67. The zero-order chi connectivity index (χ0) is 17.1. The van der Waals surface area contributed by atoms with Crippen LogP contribution in [0.3, 0.4) is 0 Å². The zero-order valence-electron chi connectivity index (χ0n) is 13.4. The first-order chi connectivity index (χ1) is 11.7. The summed E-state index contributed by atoms with van der Waals surface area (Å²) >= 11 is 1.66. The van der Waals surface area contributed by atoms with Gasteiger partial charge in [-0.3, -0.25) is 4.79 Å². The van der Waals surface area contributed by atoms with Crippen molar-refractivity contribution in [3.05, 3.63) is 77.4 Å². The molecule has 0 radical (unpaired) electrons. The smallest absolute Gasteiger partial charge is 0.331 e. The van der Waals surface area contributed by atoms with Gasteiger partial charge >= 0.3 is 5.97 Å². The maximum Gasteiger partial charge on any atom is 0.331 e. The normalized spacial score (nSPS) is 15.4. The van der Waals surface area contributed by atoms with Crippen LogP contribution in [0, 0.1) is 0 Å². The Hall–Kier alpha value is -2.59. The van der Waals surface area contributed by atoms with E-state index in [1.165, 1.54) is 13.2 Å². The van der Waals surface area contributed by atoms with Gasteiger partial charge in [-0.05, 0) is 29.5 Å². The highest BCUT2D eigenvalue weighted by Gasteiger charge is 2.35. The lowest BCUT2D eigenvalue weighted by Gasteiger charge is -2.26. The van der Waals surface area contributed by atoms with Crippen LogP contribution in [0.1, 0.15) is 11.1 Å². The van der Waals surface area contributed by atoms with Crippen molar-refractivity contribution in [3.63, 3.8) is 0 Å². The number of esters is 1. The van der Waals surface area contributed by atoms with Crippen molar-refractivity contribution in [2.45, 2.75) is 4.90 Å². The number of thioether (sulfide) groups is 1. The van der Waals surface area contributed by atoms with E-state index in [9.17, 15) is 9.59 Å². The number of hydrogen-bond donors (Lipinski definition) is 0. The molecule has 2 aromatic rings. The molecule has 0 saturated heterocycles. The summed E-state index contributed by atoms with van der Waals surface area (Å²) in [6, 6.07) is 17.5. The third kappa shape index (κ3) is 2.93. The number of methoxy groups -OCH3 is 1. The molecule has 3 rings (SSSR count). The molecule has 0 saturated carbocycles. The molecule has 0 bridgehead atoms. The van der Waals surface area contributed by atoms with Crippen LogP contribution in [-0.4, -0.2) is 25.1 Å². The van der Waals surface area contributed by atoms with Gasteiger partial charge in [-0.1, -0.05) is 42.5 Å². The fraction of sp³-hybridized carbons (Fsp3) is 0.100. The number of Topliss-reactive ketones (excluding diaryl/α,β-unsaturated/α-hetero) is 1. The number of allylic oxidation sites excluding steroid dienone is 3. The molecule has 0 N–H and O–H groups in total. The fourth-order valence-electron chi connectivity index (χ4n) is 2.69. The minimum absolute atomic E-state index is 0.129. The molecule has 0 atom stereocenters. The van der Waals surface area contributed by atoms with Crippen molar-refractivity contribution in [2.75, 3.05) is 13.4 Å². The van der Waals surface area contributed by atoms with Crippen LogP contribution in [0.15, 0.2) is 71.1 Å². The molecule has 0 unspecified atom stereocenters. The van der Waals surface area contributed by atoms with Crippen molar-refractivity contribution < 1.29 is 14.3 Å². The maximum absolute atomic E-state index is 12.6. The van der Waals surface area contributed by atoms with Gasteiger partial charge in [0.1, 0.15) is 0 Å². The van der Waals surface area contributed by atoms with E-state index in [2.05, 4.69) is 4.74 Å². The monoisotopic (exact) mass is 336 g/mol. The molecular weight excluding hydrogens is 320 g/mol. The van der Waals surface area contributed by atoms with Gasteiger partial charge in [0, 0.05) is 27.7 Å². The molecule has 0 amide bonds. The standard InChI is InChI=1S/C20H16O3S/c1-23-17(21)12-16-18(14-8-10-15(24-2)11-9-14)19(20(16)22)13-6-4-3-5-7-13/h3-12H,1-2H3/b16-12-. The second-order valence-electron chi connectivity index (χ2n) is 5.25. The van der Waals surface area contributed by atoms with Crippen LogP contribution in [0.25, 0.3) is 11.1 Å². The molecule has 0 fully saturated rings. The maximum atomic E-state index is 12.6. The van der Waals surface area contributed by atoms with E-state index in [0.29, 0.717) is 11.1 Å². The van der Waals surface area contributed by atoms with Gasteiger partial charge in [-0.2, -0.15) is 0 Å². The average Bonchev–Trinajstić information content (AvgIpc) is 2.64. The lowest BCUT2D eigenvalue weighted by atomic mass is 9.74. The zero-order valence-corrected chi connectivity index (χ0v) is 14.2. The Labute approximate surface area is 145 Å². The molecule has 0 spiro atoms. The summed E-state index contributed by atoms with van der Waals surface area (Å²) < 4.78 is 4.67. The molecule has 24 heavy (non-hydrogen) atoms. The lowest BCUT2D eigenvalue weighted by molar-refractivity contribution is -0.135. The first kappa shape index (κ1) is 16.3. The molecule has 0 heterocycles. The highest BCUT2D eigenvalue weighted by molar-refractivity contribution is 7.98. The van der Waals surface area contributed by atoms with Crippen LogP contribution in [-0.2, 0) is 14.3 Å². The Morgan fingerprint density at radius 1 is 0.958 bits per heavy atom. The highest BCUT2D eigenvalue weighted by atomic mass is 32.2. The first-order valence-corrected chi connectivity index (χ1v) is 8.67. The lowest BCUT2D eigenvalue weighted by Crippen LogP contribution is -2.21. The summed E-state index contributed by atoms with van der Waals surface area (Å²) in [6.07, 6.45) is 3.28. The number of benzene rings is 2. The van der Waals surface area contributed by atoms with Crippen molar-refractivity contribution >= 4 is 34.7 Å². The Morgan fingerprint density at radius 2 is 1.58 bits per heavy atom. The topological polar surface area (TPSA) is 43.4 Å². The minimum Gasteiger partial charge on any atom is -0.466 e. The average molecular weight is 336 g/mol. The molecule has 1 aliphatic carbocycles. The Balaban J connectivity index is 2.15. The van der Waals surface area contributed by atoms with Gasteiger partial charge in [-0.15, -0.1) is 11.8 Å². The van der Waals surface area contributed by atoms with E-state index in [0.717, 1.165) is 21.6 Å². The molecule has 3 nitrogen and oxygen atoms in total. The second-order valence-corrected chi connectivity index (χ2v) is 6.13. The summed E-state index contributed by atoms with van der Waals surface area (Å²) in [5.41, 5.74) is 3.61. The first-order valence-electron chi connectivity index (χ1n) is 7.44. The van der Waals surface area contributed by atoms with E-state index >= 15 is 0 Å². The Morgan fingerprint density at radius 3 is 2.17 bits per heavy atom. The van der Waals surface area contributed by atoms with E-state index in [4.69, 9.17) is 0 Å². The van der Waals surface area contributed by atoms with Gasteiger partial charge in [0.15, 0.2) is 5.78 Å². The van der Waals surface area contributed by atoms with Crippen LogP contribution in [0.4, 0.5) is 0 Å². The molecule has 0 aromatic heterocycles. The molecule has 0 aliphatic heterocycles. The number of rotatable bonds is 4. The van der Waals surface area contributed by atoms with Crippen LogP contribution in [0.5, 0.6) is 0 Å². The number of carbonyl (C=O) groups excluding carboxylic acids is 2. The van der Waals surface area contributed by atoms with Gasteiger partial charge in [0.05, 0.1) is 7.11 Å². The van der Waals surface area contributed by atoms with Crippen LogP contribution >= 0.6 is 11.8 Å². The summed E-state index contributed by atoms with van der Waals surface area (Å²) in [5, 5.41) is 0. The number of hydrogen-bond acceptors (Lipinski definition) is 4. The van der Waals surface area contributed by atoms with Crippen molar-refractivity contribution in [1.82, 2.24) is 0 Å². The third-order valence-electron chi connectivity index (χ3n) is 3.90. The van der Waals surface area contributed by atoms with Gasteiger partial charge in [-0.25, -0.2) is 4.79 Å². The van der Waals surface area contributed by atoms with E-state index in [-0.39, 0.29) is 5.78 Å². The molecule has 1 aliphatic rings. The summed E-state index contributed by atoms with van der Waals surface area (Å²) in [5.74, 6) is -0.653. The van der Waals surface area contributed by atoms with Gasteiger partial charge in [0.25, 0.3) is 0 Å². The predicted molar refractivity (Wildman–Crippen MR) is 96.6 cm³/mol. The van der Waals surface area contributed by atoms with Crippen molar-refractivity contribution in [3.8, 4) is 0 Å². The quantitative estimate of drug-likeness (QED) is 0.481. The summed E-state index contributed by atoms with van der Waals surface area (Å²) in [4.78, 5) is 25.3. The predicted octanol–water partition coefficient (Wildman–Crippen LogP) is 4.00. The highest BCUT2D eigenvalue weighted by Crippen LogP contribution is 2.44. The van der Waals surface area contributed by atoms with Crippen LogP contribution in [0.2, 0.25) is 0 Å². The van der Waals surface area contributed by atoms with E-state index < -0.39 is 5.97 Å². The number of carbonyl (C=O) groups is 2. The van der Waals surface area contributed by atoms with E-state index in [1.54, 1.807) is 11.8 Å². The Bertz CT molecular complexity index is 846. The summed E-state index contributed by atoms with van der Waals surface area (Å²) in [6.45, 7) is 0. The third-order valence-corrected chi connectivity index (χ3v) is 4.64. The SMILES string of the molecule is COC(=O)/C=C1\C(=O)C(c2ccccc2)=C1c1ccc(SC)cc1. The van der Waals surface area contributed by atoms with Crippen molar-refractivity contribution in [2.24, 2.45) is 0 Å². The van der Waals surface area contributed by atoms with E-state index in [1.807, 2.05) is 60.9 Å². The van der Waals surface area contributed by atoms with Crippen LogP contribution < -0.4 is 0 Å². The van der Waals surface area contributed by atoms with Gasteiger partial charge in [0.2, 0.25) is 0 Å². The fourth-order valence-corrected chi connectivity index (χ4v) is 3.09. The molecule has 4 heteroatoms. The van der Waals surface area contributed by atoms with Gasteiger partial charge < -0.3 is 4.74 Å². The number of ketones is 1. The largest absolute Gasteiger partial charge is 0.466 e. The molecule has 120 valence electrons. The van der Waals surface area contributed by atoms with Crippen molar-refractivity contribution in [1.29, 1.82) is 0 Å². The minimum atomic E-state index is -0.524. The number of ether oxygens (including phenoxy) is 1. The second kappa shape index (κ2) is 6.89. The molecule has 2 aromatic carbocycles. The molecular formula is C20H16O3S. The summed E-state index contributed by atoms with van der Waals surface area (Å²) in [7, 11) is 1.30.